The van der Waals surface area contributed by atoms with Crippen LogP contribution >= 0.6 is 0 Å². The lowest BCUT2D eigenvalue weighted by atomic mass is 10.0. The lowest BCUT2D eigenvalue weighted by Crippen LogP contribution is -2.42. The van der Waals surface area contributed by atoms with Crippen LogP contribution in [0.25, 0.3) is 0 Å². The summed E-state index contributed by atoms with van der Waals surface area (Å²) in [5, 5.41) is 2.73. The van der Waals surface area contributed by atoms with Crippen LogP contribution < -0.4 is 10.2 Å². The molecule has 0 saturated heterocycles. The number of nitrogens with zero attached hydrogens (tertiary/aromatic N) is 1. The van der Waals surface area contributed by atoms with Gasteiger partial charge < -0.3 is 10.2 Å². The van der Waals surface area contributed by atoms with Crippen molar-refractivity contribution in [2.24, 2.45) is 0 Å². The number of para-hydroxylation sites is 1. The lowest BCUT2D eigenvalue weighted by Gasteiger charge is -2.29. The van der Waals surface area contributed by atoms with E-state index in [4.69, 9.17) is 0 Å². The minimum absolute atomic E-state index is 0.0166. The molecule has 0 spiro atoms. The smallest absolute Gasteiger partial charge is 0.251 e. The number of carbonyl (C=O) groups is 2. The Bertz CT molecular complexity index is 738. The quantitative estimate of drug-likeness (QED) is 0.941. The Kier molecular flexibility index (Phi) is 4.94. The van der Waals surface area contributed by atoms with Crippen LogP contribution in [-0.2, 0) is 17.6 Å². The molecule has 124 valence electrons. The molecule has 0 unspecified atom stereocenters. The van der Waals surface area contributed by atoms with E-state index in [9.17, 15) is 9.59 Å². The van der Waals surface area contributed by atoms with Crippen molar-refractivity contribution >= 4 is 17.5 Å². The van der Waals surface area contributed by atoms with Crippen LogP contribution in [0.15, 0.2) is 48.5 Å². The van der Waals surface area contributed by atoms with E-state index in [2.05, 4.69) is 18.3 Å². The molecule has 0 fully saturated rings. The third-order valence-electron chi connectivity index (χ3n) is 4.44. The molecule has 0 saturated carbocycles. The summed E-state index contributed by atoms with van der Waals surface area (Å²) in [7, 11) is 0. The first-order valence-corrected chi connectivity index (χ1v) is 8.44. The Balaban J connectivity index is 1.62. The van der Waals surface area contributed by atoms with Gasteiger partial charge in [-0.2, -0.15) is 0 Å². The average Bonchev–Trinajstić information content (AvgIpc) is 2.65. The Morgan fingerprint density at radius 3 is 2.58 bits per heavy atom. The minimum Gasteiger partial charge on any atom is -0.343 e. The Morgan fingerprint density at radius 2 is 1.83 bits per heavy atom. The molecule has 4 heteroatoms. The van der Waals surface area contributed by atoms with Crippen molar-refractivity contribution < 1.29 is 9.59 Å². The van der Waals surface area contributed by atoms with Crippen molar-refractivity contribution in [1.82, 2.24) is 5.32 Å². The van der Waals surface area contributed by atoms with Crippen molar-refractivity contribution in [3.05, 3.63) is 65.2 Å². The van der Waals surface area contributed by atoms with Gasteiger partial charge >= 0.3 is 0 Å². The van der Waals surface area contributed by atoms with E-state index in [-0.39, 0.29) is 18.4 Å². The minimum atomic E-state index is -0.212. The zero-order chi connectivity index (χ0) is 16.9. The van der Waals surface area contributed by atoms with Crippen LogP contribution in [0.4, 0.5) is 5.69 Å². The molecular formula is C20H22N2O2. The second-order valence-corrected chi connectivity index (χ2v) is 6.01. The number of hydrogen-bond acceptors (Lipinski definition) is 2. The highest BCUT2D eigenvalue weighted by atomic mass is 16.2. The van der Waals surface area contributed by atoms with Gasteiger partial charge in [0.05, 0.1) is 6.54 Å². The molecule has 4 nitrogen and oxygen atoms in total. The highest BCUT2D eigenvalue weighted by Crippen LogP contribution is 2.26. The number of aryl methyl sites for hydroxylation is 2. The van der Waals surface area contributed by atoms with E-state index in [1.165, 1.54) is 11.1 Å². The first kappa shape index (κ1) is 16.2. The molecule has 2 aromatic carbocycles. The second kappa shape index (κ2) is 7.30. The molecule has 0 aromatic heterocycles. The fraction of sp³-hybridized carbons (Fsp3) is 0.300. The third kappa shape index (κ3) is 3.48. The van der Waals surface area contributed by atoms with Crippen LogP contribution in [0.1, 0.15) is 34.8 Å². The van der Waals surface area contributed by atoms with Crippen LogP contribution in [-0.4, -0.2) is 24.9 Å². The van der Waals surface area contributed by atoms with Gasteiger partial charge in [0.2, 0.25) is 5.91 Å². The summed E-state index contributed by atoms with van der Waals surface area (Å²) in [6, 6.07) is 15.5. The second-order valence-electron chi connectivity index (χ2n) is 6.01. The maximum atomic E-state index is 12.5. The first-order chi connectivity index (χ1) is 11.7. The SMILES string of the molecule is CCc1ccc(C(=O)NCC(=O)N2CCCc3ccccc32)cc1. The van der Waals surface area contributed by atoms with Crippen molar-refractivity contribution in [1.29, 1.82) is 0 Å². The summed E-state index contributed by atoms with van der Waals surface area (Å²) in [4.78, 5) is 26.5. The number of rotatable bonds is 4. The topological polar surface area (TPSA) is 49.4 Å². The average molecular weight is 322 g/mol. The highest BCUT2D eigenvalue weighted by molar-refractivity contribution is 6.00. The summed E-state index contributed by atoms with van der Waals surface area (Å²) in [5.41, 5.74) is 3.93. The van der Waals surface area contributed by atoms with Gasteiger partial charge in [-0.3, -0.25) is 9.59 Å². The van der Waals surface area contributed by atoms with Crippen LogP contribution in [0.5, 0.6) is 0 Å². The highest BCUT2D eigenvalue weighted by Gasteiger charge is 2.22. The van der Waals surface area contributed by atoms with E-state index in [1.54, 1.807) is 17.0 Å². The molecule has 0 radical (unpaired) electrons. The van der Waals surface area contributed by atoms with Crippen LogP contribution in [0.3, 0.4) is 0 Å². The van der Waals surface area contributed by atoms with Gasteiger partial charge in [0.1, 0.15) is 0 Å². The molecule has 1 aliphatic heterocycles. The number of benzene rings is 2. The zero-order valence-corrected chi connectivity index (χ0v) is 13.9. The molecule has 3 rings (SSSR count). The normalized spacial score (nSPS) is 13.3. The Morgan fingerprint density at radius 1 is 1.08 bits per heavy atom. The molecular weight excluding hydrogens is 300 g/mol. The summed E-state index contributed by atoms with van der Waals surface area (Å²) in [5.74, 6) is -0.281. The number of hydrogen-bond donors (Lipinski definition) is 1. The predicted octanol–water partition coefficient (Wildman–Crippen LogP) is 2.96. The summed E-state index contributed by atoms with van der Waals surface area (Å²) >= 11 is 0. The molecule has 1 N–H and O–H groups in total. The Hall–Kier alpha value is -2.62. The fourth-order valence-corrected chi connectivity index (χ4v) is 3.04. The van der Waals surface area contributed by atoms with E-state index < -0.39 is 0 Å². The monoisotopic (exact) mass is 322 g/mol. The maximum absolute atomic E-state index is 12.5. The van der Waals surface area contributed by atoms with Crippen LogP contribution in [0, 0.1) is 0 Å². The predicted molar refractivity (Wildman–Crippen MR) is 95.3 cm³/mol. The largest absolute Gasteiger partial charge is 0.343 e. The maximum Gasteiger partial charge on any atom is 0.251 e. The zero-order valence-electron chi connectivity index (χ0n) is 13.9. The molecule has 2 amide bonds. The number of anilines is 1. The van der Waals surface area contributed by atoms with Gasteiger partial charge in [-0.1, -0.05) is 37.3 Å². The molecule has 1 aliphatic rings. The molecule has 0 aliphatic carbocycles. The van der Waals surface area contributed by atoms with Crippen LogP contribution in [0.2, 0.25) is 0 Å². The summed E-state index contributed by atoms with van der Waals surface area (Å²) < 4.78 is 0. The first-order valence-electron chi connectivity index (χ1n) is 8.44. The fourth-order valence-electron chi connectivity index (χ4n) is 3.04. The number of carbonyl (C=O) groups excluding carboxylic acids is 2. The van der Waals surface area contributed by atoms with Gasteiger partial charge in [0.25, 0.3) is 5.91 Å². The van der Waals surface area contributed by atoms with E-state index in [1.807, 2.05) is 30.3 Å². The number of amides is 2. The van der Waals surface area contributed by atoms with E-state index in [0.29, 0.717) is 12.1 Å². The van der Waals surface area contributed by atoms with Crippen molar-refractivity contribution in [3.8, 4) is 0 Å². The van der Waals surface area contributed by atoms with Gasteiger partial charge in [-0.05, 0) is 48.6 Å². The number of nitrogens with one attached hydrogen (secondary N) is 1. The lowest BCUT2D eigenvalue weighted by molar-refractivity contribution is -0.117. The summed E-state index contributed by atoms with van der Waals surface area (Å²) in [6.45, 7) is 2.80. The van der Waals surface area contributed by atoms with E-state index >= 15 is 0 Å². The van der Waals surface area contributed by atoms with Gasteiger partial charge in [-0.15, -0.1) is 0 Å². The number of fused-ring (bicyclic) bond motifs is 1. The molecule has 24 heavy (non-hydrogen) atoms. The molecule has 1 heterocycles. The van der Waals surface area contributed by atoms with E-state index in [0.717, 1.165) is 24.9 Å². The third-order valence-corrected chi connectivity index (χ3v) is 4.44. The van der Waals surface area contributed by atoms with Crippen molar-refractivity contribution in [3.63, 3.8) is 0 Å². The molecule has 0 atom stereocenters. The van der Waals surface area contributed by atoms with Gasteiger partial charge in [-0.25, -0.2) is 0 Å². The molecule has 0 bridgehead atoms. The van der Waals surface area contributed by atoms with Gasteiger partial charge in [0, 0.05) is 17.8 Å². The van der Waals surface area contributed by atoms with Crippen molar-refractivity contribution in [2.45, 2.75) is 26.2 Å². The Labute approximate surface area is 142 Å². The summed E-state index contributed by atoms with van der Waals surface area (Å²) in [6.07, 6.45) is 2.89. The standard InChI is InChI=1S/C20H22N2O2/c1-2-15-9-11-17(12-10-15)20(24)21-14-19(23)22-13-5-7-16-6-3-4-8-18(16)22/h3-4,6,8-12H,2,5,7,13-14H2,1H3,(H,21,24). The molecule has 2 aromatic rings. The van der Waals surface area contributed by atoms with Crippen molar-refractivity contribution in [2.75, 3.05) is 18.0 Å². The van der Waals surface area contributed by atoms with Gasteiger partial charge in [0.15, 0.2) is 0 Å².